The largest absolute Gasteiger partial charge is 0.481 e. The van der Waals surface area contributed by atoms with Crippen LogP contribution in [0.4, 0.5) is 4.79 Å². The van der Waals surface area contributed by atoms with Gasteiger partial charge in [-0.05, 0) is 5.56 Å². The lowest BCUT2D eigenvalue weighted by Crippen LogP contribution is -2.45. The summed E-state index contributed by atoms with van der Waals surface area (Å²) in [6, 6.07) is 6.88. The Morgan fingerprint density at radius 2 is 1.95 bits per heavy atom. The number of rotatable bonds is 8. The molecule has 8 heteroatoms. The molecule has 0 fully saturated rings. The molecule has 1 rings (SSSR count). The van der Waals surface area contributed by atoms with Gasteiger partial charge in [0.15, 0.2) is 1.41 Å². The normalized spacial score (nSPS) is 11.7. The first kappa shape index (κ1) is 15.5. The van der Waals surface area contributed by atoms with E-state index in [1.54, 1.807) is 24.3 Å². The van der Waals surface area contributed by atoms with Crippen LogP contribution in [-0.2, 0) is 20.9 Å². The monoisotopic (exact) mass is 307 g/mol. The third kappa shape index (κ3) is 7.04. The Morgan fingerprint density at radius 1 is 1.27 bits per heavy atom. The van der Waals surface area contributed by atoms with Crippen molar-refractivity contribution in [2.45, 2.75) is 19.0 Å². The Bertz CT molecular complexity index is 567. The lowest BCUT2D eigenvalue weighted by atomic mass is 10.2. The summed E-state index contributed by atoms with van der Waals surface area (Å²) in [7, 11) is 0. The molecular weight excluding hydrogens is 290 g/mol. The zero-order valence-corrected chi connectivity index (χ0v) is 11.6. The number of hydrogen-bond donors (Lipinski definition) is 4. The first-order valence-corrected chi connectivity index (χ1v) is 6.39. The van der Waals surface area contributed by atoms with Gasteiger partial charge in [0.1, 0.15) is 6.04 Å². The minimum Gasteiger partial charge on any atom is -0.481 e. The Hall–Kier alpha value is -2.90. The van der Waals surface area contributed by atoms with Crippen molar-refractivity contribution < 1.29 is 25.7 Å². The first-order chi connectivity index (χ1) is 10.9. The Labute approximate surface area is 128 Å². The highest BCUT2D eigenvalue weighted by Crippen LogP contribution is 1.96. The van der Waals surface area contributed by atoms with E-state index in [-0.39, 0.29) is 6.54 Å². The van der Waals surface area contributed by atoms with E-state index in [4.69, 9.17) is 6.52 Å². The number of hydrogen-bond acceptors (Lipinski definition) is 4. The molecule has 0 saturated heterocycles. The third-order valence-electron chi connectivity index (χ3n) is 2.51. The molecule has 0 aliphatic rings. The fraction of sp³-hybridized carbons (Fsp3) is 0.286. The predicted molar refractivity (Wildman–Crippen MR) is 76.6 cm³/mol. The average Bonchev–Trinajstić information content (AvgIpc) is 2.52. The maximum Gasteiger partial charge on any atom is 0.315 e. The van der Waals surface area contributed by atoms with Crippen LogP contribution in [0.25, 0.3) is 0 Å². The molecule has 3 amide bonds. The number of urea groups is 1. The summed E-state index contributed by atoms with van der Waals surface area (Å²) < 4.78 is 7.46. The smallest absolute Gasteiger partial charge is 0.315 e. The van der Waals surface area contributed by atoms with E-state index in [0.717, 1.165) is 5.56 Å². The molecule has 0 unspecified atom stereocenters. The number of carbonyl (C=O) groups is 3. The second kappa shape index (κ2) is 9.11. The number of carbonyl (C=O) groups excluding carboxylic acids is 3. The zero-order chi connectivity index (χ0) is 17.2. The molecule has 0 bridgehead atoms. The Kier molecular flexibility index (Phi) is 6.42. The first-order valence-electron chi connectivity index (χ1n) is 6.84. The van der Waals surface area contributed by atoms with Crippen molar-refractivity contribution in [3.05, 3.63) is 35.9 Å². The van der Waals surface area contributed by atoms with Crippen LogP contribution in [0.15, 0.2) is 30.3 Å². The lowest BCUT2D eigenvalue weighted by Gasteiger charge is -2.11. The maximum atomic E-state index is 11.7. The lowest BCUT2D eigenvalue weighted by molar-refractivity contribution is -0.137. The minimum atomic E-state index is -1.32. The van der Waals surface area contributed by atoms with Crippen LogP contribution in [0.1, 0.15) is 12.0 Å². The maximum absolute atomic E-state index is 11.7. The van der Waals surface area contributed by atoms with Gasteiger partial charge in [0, 0.05) is 6.54 Å². The molecule has 8 nitrogen and oxygen atoms in total. The highest BCUT2D eigenvalue weighted by molar-refractivity contribution is 5.86. The SMILES string of the molecule is [2H]N(CC(=O)N[C@H]([C]=O)CC(=O)O)C(=O)NCc1ccccc1. The van der Waals surface area contributed by atoms with E-state index in [0.29, 0.717) is 5.31 Å². The number of aliphatic carboxylic acids is 1. The van der Waals surface area contributed by atoms with Crippen molar-refractivity contribution in [2.75, 3.05) is 6.54 Å². The van der Waals surface area contributed by atoms with Crippen molar-refractivity contribution in [3.63, 3.8) is 0 Å². The fourth-order valence-electron chi connectivity index (χ4n) is 1.51. The molecule has 4 N–H and O–H groups in total. The topological polar surface area (TPSA) is 125 Å². The van der Waals surface area contributed by atoms with Crippen LogP contribution in [-0.4, -0.2) is 41.9 Å². The van der Waals surface area contributed by atoms with E-state index >= 15 is 0 Å². The van der Waals surface area contributed by atoms with Gasteiger partial charge < -0.3 is 21.0 Å². The van der Waals surface area contributed by atoms with Gasteiger partial charge >= 0.3 is 12.0 Å². The number of amides is 3. The molecular formula is C14H16N3O5. The fourth-order valence-corrected chi connectivity index (χ4v) is 1.51. The van der Waals surface area contributed by atoms with Crippen molar-refractivity contribution in [1.82, 2.24) is 15.9 Å². The number of carboxylic acids is 1. The molecule has 1 aromatic rings. The second-order valence-corrected chi connectivity index (χ2v) is 4.30. The van der Waals surface area contributed by atoms with Crippen molar-refractivity contribution in [1.29, 1.82) is 0 Å². The summed E-state index contributed by atoms with van der Waals surface area (Å²) >= 11 is 0. The van der Waals surface area contributed by atoms with Crippen LogP contribution in [0.5, 0.6) is 0 Å². The standard InChI is InChI=1S/C14H16N3O5/c18-9-11(6-13(20)21)17-12(19)8-16-14(22)15-7-10-4-2-1-3-5-10/h1-5,11H,6-8H2,(H,17,19)(H,20,21)(H2,15,16,22)/t11-/m0/s1/i/hD. The molecule has 1 aromatic carbocycles. The number of benzene rings is 1. The van der Waals surface area contributed by atoms with Crippen LogP contribution in [0.2, 0.25) is 1.41 Å². The Morgan fingerprint density at radius 3 is 2.55 bits per heavy atom. The molecule has 0 saturated carbocycles. The van der Waals surface area contributed by atoms with E-state index < -0.39 is 36.9 Å². The van der Waals surface area contributed by atoms with Gasteiger partial charge in [0.2, 0.25) is 12.2 Å². The molecule has 0 heterocycles. The molecule has 0 aliphatic heterocycles. The zero-order valence-electron chi connectivity index (χ0n) is 12.6. The summed E-state index contributed by atoms with van der Waals surface area (Å²) in [6.45, 7) is -0.446. The van der Waals surface area contributed by atoms with Crippen molar-refractivity contribution >= 4 is 24.2 Å². The van der Waals surface area contributed by atoms with E-state index in [2.05, 4.69) is 10.6 Å². The molecule has 0 aromatic heterocycles. The van der Waals surface area contributed by atoms with E-state index in [1.165, 1.54) is 6.29 Å². The van der Waals surface area contributed by atoms with Crippen LogP contribution in [0, 0.1) is 0 Å². The van der Waals surface area contributed by atoms with E-state index in [9.17, 15) is 19.2 Å². The summed E-state index contributed by atoms with van der Waals surface area (Å²) in [5.41, 5.74) is 0.829. The molecule has 1 atom stereocenters. The van der Waals surface area contributed by atoms with Gasteiger partial charge in [-0.2, -0.15) is 0 Å². The van der Waals surface area contributed by atoms with Crippen LogP contribution < -0.4 is 15.9 Å². The van der Waals surface area contributed by atoms with Gasteiger partial charge in [-0.25, -0.2) is 4.79 Å². The van der Waals surface area contributed by atoms with Crippen molar-refractivity contribution in [2.24, 2.45) is 0 Å². The number of nitrogens with one attached hydrogen (secondary N) is 3. The number of carboxylic acid groups (broad SMARTS) is 1. The Balaban J connectivity index is 2.40. The third-order valence-corrected chi connectivity index (χ3v) is 2.51. The molecule has 117 valence electrons. The summed E-state index contributed by atoms with van der Waals surface area (Å²) in [5, 5.41) is 13.4. The van der Waals surface area contributed by atoms with Gasteiger partial charge in [0.05, 0.1) is 13.0 Å². The molecule has 1 radical (unpaired) electrons. The molecule has 22 heavy (non-hydrogen) atoms. The summed E-state index contributed by atoms with van der Waals surface area (Å²) in [6.07, 6.45) is 0.753. The van der Waals surface area contributed by atoms with Gasteiger partial charge in [-0.15, -0.1) is 0 Å². The minimum absolute atomic E-state index is 0.195. The second-order valence-electron chi connectivity index (χ2n) is 4.30. The average molecular weight is 307 g/mol. The highest BCUT2D eigenvalue weighted by Gasteiger charge is 2.16. The molecule has 0 spiro atoms. The van der Waals surface area contributed by atoms with Crippen LogP contribution in [0.3, 0.4) is 0 Å². The van der Waals surface area contributed by atoms with Crippen molar-refractivity contribution in [3.8, 4) is 0 Å². The highest BCUT2D eigenvalue weighted by atomic mass is 16.4. The van der Waals surface area contributed by atoms with Gasteiger partial charge in [-0.3, -0.25) is 14.4 Å². The molecule has 0 aliphatic carbocycles. The summed E-state index contributed by atoms with van der Waals surface area (Å²) in [4.78, 5) is 44.2. The van der Waals surface area contributed by atoms with E-state index in [1.807, 2.05) is 6.07 Å². The van der Waals surface area contributed by atoms with Gasteiger partial charge in [-0.1, -0.05) is 30.3 Å². The quantitative estimate of drug-likeness (QED) is 0.518. The van der Waals surface area contributed by atoms with Gasteiger partial charge in [0.25, 0.3) is 0 Å². The predicted octanol–water partition coefficient (Wildman–Crippen LogP) is -0.445. The van der Waals surface area contributed by atoms with Crippen LogP contribution >= 0.6 is 0 Å². The summed E-state index contributed by atoms with van der Waals surface area (Å²) in [5.74, 6) is -2.11.